The van der Waals surface area contributed by atoms with Crippen LogP contribution in [0.4, 0.5) is 5.95 Å². The summed E-state index contributed by atoms with van der Waals surface area (Å²) in [6.45, 7) is 1.96. The number of piperidine rings is 1. The highest BCUT2D eigenvalue weighted by Gasteiger charge is 2.28. The molecule has 1 unspecified atom stereocenters. The summed E-state index contributed by atoms with van der Waals surface area (Å²) >= 11 is 6.12. The van der Waals surface area contributed by atoms with E-state index in [4.69, 9.17) is 16.3 Å². The molecule has 1 atom stereocenters. The number of carbonyl (C=O) groups excluding carboxylic acids is 1. The molecule has 28 heavy (non-hydrogen) atoms. The molecule has 3 heterocycles. The molecule has 0 aliphatic carbocycles. The largest absolute Gasteiger partial charge is 0.497 e. The van der Waals surface area contributed by atoms with Crippen molar-refractivity contribution in [3.63, 3.8) is 0 Å². The summed E-state index contributed by atoms with van der Waals surface area (Å²) in [7, 11) is 1.64. The molecule has 0 spiro atoms. The standard InChI is InChI=1S/C20H22ClN5O2/c1-28-17-7-4-14(5-8-17)11-22-19(27)15-3-2-10-25(12-15)20-24-23-18-9-6-16(21)13-26(18)20/h4-9,13,15H,2-3,10-12H2,1H3,(H,22,27). The van der Waals surface area contributed by atoms with E-state index in [2.05, 4.69) is 20.4 Å². The minimum absolute atomic E-state index is 0.0624. The molecule has 0 radical (unpaired) electrons. The van der Waals surface area contributed by atoms with Gasteiger partial charge < -0.3 is 15.0 Å². The van der Waals surface area contributed by atoms with Gasteiger partial charge in [0.25, 0.3) is 0 Å². The quantitative estimate of drug-likeness (QED) is 0.714. The van der Waals surface area contributed by atoms with Gasteiger partial charge in [0.05, 0.1) is 18.1 Å². The third-order valence-corrected chi connectivity index (χ3v) is 5.27. The third-order valence-electron chi connectivity index (χ3n) is 5.05. The van der Waals surface area contributed by atoms with Crippen LogP contribution in [-0.4, -0.2) is 40.7 Å². The van der Waals surface area contributed by atoms with Crippen LogP contribution in [0, 0.1) is 5.92 Å². The van der Waals surface area contributed by atoms with Crippen LogP contribution in [0.15, 0.2) is 42.6 Å². The van der Waals surface area contributed by atoms with Gasteiger partial charge in [0.15, 0.2) is 5.65 Å². The molecule has 8 heteroatoms. The Morgan fingerprint density at radius 1 is 1.25 bits per heavy atom. The van der Waals surface area contributed by atoms with Crippen molar-refractivity contribution in [2.24, 2.45) is 5.92 Å². The van der Waals surface area contributed by atoms with Crippen molar-refractivity contribution in [2.45, 2.75) is 19.4 Å². The summed E-state index contributed by atoms with van der Waals surface area (Å²) in [6.07, 6.45) is 3.60. The van der Waals surface area contributed by atoms with Crippen LogP contribution in [-0.2, 0) is 11.3 Å². The van der Waals surface area contributed by atoms with Crippen LogP contribution in [0.2, 0.25) is 5.02 Å². The van der Waals surface area contributed by atoms with E-state index >= 15 is 0 Å². The lowest BCUT2D eigenvalue weighted by molar-refractivity contribution is -0.125. The Bertz CT molecular complexity index is 972. The van der Waals surface area contributed by atoms with Gasteiger partial charge in [0, 0.05) is 25.8 Å². The van der Waals surface area contributed by atoms with Gasteiger partial charge >= 0.3 is 0 Å². The number of nitrogens with zero attached hydrogens (tertiary/aromatic N) is 4. The van der Waals surface area contributed by atoms with Crippen molar-refractivity contribution in [1.29, 1.82) is 0 Å². The highest BCUT2D eigenvalue weighted by molar-refractivity contribution is 6.30. The molecule has 0 saturated carbocycles. The van der Waals surface area contributed by atoms with Crippen molar-refractivity contribution in [3.05, 3.63) is 53.2 Å². The number of carbonyl (C=O) groups is 1. The zero-order valence-corrected chi connectivity index (χ0v) is 16.4. The van der Waals surface area contributed by atoms with Crippen molar-refractivity contribution in [2.75, 3.05) is 25.1 Å². The number of benzene rings is 1. The van der Waals surface area contributed by atoms with E-state index in [-0.39, 0.29) is 11.8 Å². The number of rotatable bonds is 5. The smallest absolute Gasteiger partial charge is 0.231 e. The average molecular weight is 400 g/mol. The number of halogens is 1. The van der Waals surface area contributed by atoms with Gasteiger partial charge in [0.2, 0.25) is 11.9 Å². The molecule has 4 rings (SSSR count). The molecule has 2 aromatic heterocycles. The maximum Gasteiger partial charge on any atom is 0.231 e. The maximum atomic E-state index is 12.7. The number of hydrogen-bond acceptors (Lipinski definition) is 5. The zero-order chi connectivity index (χ0) is 19.5. The SMILES string of the molecule is COc1ccc(CNC(=O)C2CCCN(c3nnc4ccc(Cl)cn34)C2)cc1. The lowest BCUT2D eigenvalue weighted by Gasteiger charge is -2.32. The van der Waals surface area contributed by atoms with Gasteiger partial charge in [-0.1, -0.05) is 23.7 Å². The molecular formula is C20H22ClN5O2. The van der Waals surface area contributed by atoms with Gasteiger partial charge in [-0.2, -0.15) is 0 Å². The van der Waals surface area contributed by atoms with Crippen molar-refractivity contribution in [1.82, 2.24) is 19.9 Å². The van der Waals surface area contributed by atoms with Gasteiger partial charge in [-0.15, -0.1) is 10.2 Å². The fourth-order valence-corrected chi connectivity index (χ4v) is 3.68. The molecular weight excluding hydrogens is 378 g/mol. The molecule has 1 aliphatic heterocycles. The van der Waals surface area contributed by atoms with Crippen LogP contribution in [0.5, 0.6) is 5.75 Å². The van der Waals surface area contributed by atoms with Crippen molar-refractivity contribution < 1.29 is 9.53 Å². The molecule has 3 aromatic rings. The van der Waals surface area contributed by atoms with Crippen LogP contribution in [0.1, 0.15) is 18.4 Å². The van der Waals surface area contributed by atoms with Crippen LogP contribution in [0.3, 0.4) is 0 Å². The molecule has 1 amide bonds. The second-order valence-corrected chi connectivity index (χ2v) is 7.36. The van der Waals surface area contributed by atoms with E-state index in [0.717, 1.165) is 42.3 Å². The van der Waals surface area contributed by atoms with Gasteiger partial charge in [-0.25, -0.2) is 0 Å². The minimum Gasteiger partial charge on any atom is -0.497 e. The topological polar surface area (TPSA) is 71.8 Å². The Hall–Kier alpha value is -2.80. The maximum absolute atomic E-state index is 12.7. The van der Waals surface area contributed by atoms with E-state index in [0.29, 0.717) is 18.1 Å². The van der Waals surface area contributed by atoms with Gasteiger partial charge in [-0.3, -0.25) is 9.20 Å². The molecule has 1 fully saturated rings. The van der Waals surface area contributed by atoms with Crippen LogP contribution < -0.4 is 15.0 Å². The fraction of sp³-hybridized carbons (Fsp3) is 0.350. The highest BCUT2D eigenvalue weighted by atomic mass is 35.5. The number of aromatic nitrogens is 3. The Morgan fingerprint density at radius 2 is 2.07 bits per heavy atom. The summed E-state index contributed by atoms with van der Waals surface area (Å²) in [5, 5.41) is 12.2. The summed E-state index contributed by atoms with van der Waals surface area (Å²) in [5.74, 6) is 1.51. The molecule has 0 bridgehead atoms. The predicted molar refractivity (Wildman–Crippen MR) is 108 cm³/mol. The number of ether oxygens (including phenoxy) is 1. The first-order valence-electron chi connectivity index (χ1n) is 9.30. The molecule has 7 nitrogen and oxygen atoms in total. The fourth-order valence-electron chi connectivity index (χ4n) is 3.52. The first-order valence-corrected chi connectivity index (χ1v) is 9.68. The van der Waals surface area contributed by atoms with E-state index < -0.39 is 0 Å². The number of fused-ring (bicyclic) bond motifs is 1. The summed E-state index contributed by atoms with van der Waals surface area (Å²) in [4.78, 5) is 14.8. The Balaban J connectivity index is 1.41. The Kier molecular flexibility index (Phi) is 5.34. The average Bonchev–Trinajstić information content (AvgIpc) is 3.15. The van der Waals surface area contributed by atoms with Gasteiger partial charge in [0.1, 0.15) is 5.75 Å². The monoisotopic (exact) mass is 399 g/mol. The number of anilines is 1. The molecule has 1 saturated heterocycles. The van der Waals surface area contributed by atoms with Crippen molar-refractivity contribution >= 4 is 29.1 Å². The Labute approximate surface area is 168 Å². The normalized spacial score (nSPS) is 16.9. The number of nitrogens with one attached hydrogen (secondary N) is 1. The first kappa shape index (κ1) is 18.6. The first-order chi connectivity index (χ1) is 13.6. The number of methoxy groups -OCH3 is 1. The molecule has 1 aromatic carbocycles. The van der Waals surface area contributed by atoms with Crippen molar-refractivity contribution in [3.8, 4) is 5.75 Å². The van der Waals surface area contributed by atoms with E-state index in [1.807, 2.05) is 34.7 Å². The predicted octanol–water partition coefficient (Wildman–Crippen LogP) is 2.92. The number of amides is 1. The van der Waals surface area contributed by atoms with E-state index in [9.17, 15) is 4.79 Å². The minimum atomic E-state index is -0.0847. The Morgan fingerprint density at radius 3 is 2.86 bits per heavy atom. The number of hydrogen-bond donors (Lipinski definition) is 1. The second kappa shape index (κ2) is 8.06. The van der Waals surface area contributed by atoms with Crippen LogP contribution >= 0.6 is 11.6 Å². The molecule has 1 aliphatic rings. The lowest BCUT2D eigenvalue weighted by atomic mass is 9.97. The highest BCUT2D eigenvalue weighted by Crippen LogP contribution is 2.24. The number of pyridine rings is 1. The van der Waals surface area contributed by atoms with E-state index in [1.54, 1.807) is 19.4 Å². The molecule has 146 valence electrons. The summed E-state index contributed by atoms with van der Waals surface area (Å²) in [5.41, 5.74) is 1.78. The second-order valence-electron chi connectivity index (χ2n) is 6.93. The van der Waals surface area contributed by atoms with E-state index in [1.165, 1.54) is 0 Å². The summed E-state index contributed by atoms with van der Waals surface area (Å²) < 4.78 is 7.04. The lowest BCUT2D eigenvalue weighted by Crippen LogP contribution is -2.43. The molecule has 1 N–H and O–H groups in total. The summed E-state index contributed by atoms with van der Waals surface area (Å²) in [6, 6.07) is 11.3. The third kappa shape index (κ3) is 3.89. The van der Waals surface area contributed by atoms with Gasteiger partial charge in [-0.05, 0) is 42.7 Å². The van der Waals surface area contributed by atoms with Crippen LogP contribution in [0.25, 0.3) is 5.65 Å². The zero-order valence-electron chi connectivity index (χ0n) is 15.6.